The van der Waals surface area contributed by atoms with Crippen molar-refractivity contribution in [3.05, 3.63) is 108 Å². The fourth-order valence-corrected chi connectivity index (χ4v) is 4.33. The highest BCUT2D eigenvalue weighted by Crippen LogP contribution is 2.10. The quantitative estimate of drug-likeness (QED) is 0.118. The first-order valence-electron chi connectivity index (χ1n) is 14.8. The summed E-state index contributed by atoms with van der Waals surface area (Å²) in [5.74, 6) is -0.523. The molecule has 9 heteroatoms. The molecule has 1 unspecified atom stereocenters. The summed E-state index contributed by atoms with van der Waals surface area (Å²) in [6.45, 7) is 4.20. The van der Waals surface area contributed by atoms with E-state index < -0.39 is 18.1 Å². The Kier molecular flexibility index (Phi) is 14.6. The zero-order chi connectivity index (χ0) is 30.7. The standard InChI is InChI=1S/C34H43N3O6/c1-2-21-36(33(39)42-26-29-16-8-4-9-17-29)22-12-13-23-37(34(40)43-27-30-18-10-5-11-19-30)24-20-31(35)32(38)41-25-28-14-6-3-7-15-28/h3-11,14-19,31H,2,12-13,20-27,35H2,1H3. The minimum atomic E-state index is -0.882. The summed E-state index contributed by atoms with van der Waals surface area (Å²) in [6.07, 6.45) is 1.47. The highest BCUT2D eigenvalue weighted by molar-refractivity contribution is 5.75. The molecule has 2 N–H and O–H groups in total. The van der Waals surface area contributed by atoms with Gasteiger partial charge >= 0.3 is 18.2 Å². The van der Waals surface area contributed by atoms with E-state index in [2.05, 4.69) is 0 Å². The lowest BCUT2D eigenvalue weighted by Gasteiger charge is -2.25. The second-order valence-corrected chi connectivity index (χ2v) is 10.3. The Morgan fingerprint density at radius 2 is 1.00 bits per heavy atom. The van der Waals surface area contributed by atoms with Crippen LogP contribution in [0.1, 0.15) is 49.3 Å². The lowest BCUT2D eigenvalue weighted by Crippen LogP contribution is -2.40. The predicted octanol–water partition coefficient (Wildman–Crippen LogP) is 5.92. The molecular weight excluding hydrogens is 546 g/mol. The van der Waals surface area contributed by atoms with Gasteiger partial charge in [-0.2, -0.15) is 0 Å². The number of esters is 1. The van der Waals surface area contributed by atoms with Crippen LogP contribution in [0.15, 0.2) is 91.0 Å². The number of unbranched alkanes of at least 4 members (excludes halogenated alkanes) is 1. The minimum absolute atomic E-state index is 0.137. The van der Waals surface area contributed by atoms with Crippen molar-refractivity contribution in [1.82, 2.24) is 9.80 Å². The van der Waals surface area contributed by atoms with Gasteiger partial charge in [0.25, 0.3) is 0 Å². The number of amides is 2. The molecule has 3 rings (SSSR count). The maximum Gasteiger partial charge on any atom is 0.410 e. The molecule has 9 nitrogen and oxygen atoms in total. The lowest BCUT2D eigenvalue weighted by molar-refractivity contribution is -0.146. The molecule has 0 aromatic heterocycles. The van der Waals surface area contributed by atoms with Crippen molar-refractivity contribution < 1.29 is 28.6 Å². The van der Waals surface area contributed by atoms with Gasteiger partial charge in [0.15, 0.2) is 0 Å². The van der Waals surface area contributed by atoms with Crippen molar-refractivity contribution in [2.24, 2.45) is 5.73 Å². The van der Waals surface area contributed by atoms with Crippen molar-refractivity contribution in [3.8, 4) is 0 Å². The molecule has 0 saturated carbocycles. The zero-order valence-electron chi connectivity index (χ0n) is 24.9. The van der Waals surface area contributed by atoms with Crippen LogP contribution in [0.2, 0.25) is 0 Å². The van der Waals surface area contributed by atoms with Crippen molar-refractivity contribution in [1.29, 1.82) is 0 Å². The van der Waals surface area contributed by atoms with Gasteiger partial charge in [-0.05, 0) is 42.4 Å². The van der Waals surface area contributed by atoms with Gasteiger partial charge in [0.2, 0.25) is 0 Å². The number of hydrogen-bond donors (Lipinski definition) is 1. The molecule has 2 amide bonds. The van der Waals surface area contributed by atoms with Gasteiger partial charge < -0.3 is 29.7 Å². The summed E-state index contributed by atoms with van der Waals surface area (Å²) in [5.41, 5.74) is 8.79. The number of nitrogens with two attached hydrogens (primary N) is 1. The summed E-state index contributed by atoms with van der Waals surface area (Å²) in [6, 6.07) is 27.5. The van der Waals surface area contributed by atoms with Crippen molar-refractivity contribution in [3.63, 3.8) is 0 Å². The number of hydrogen-bond acceptors (Lipinski definition) is 7. The molecule has 3 aromatic rings. The van der Waals surface area contributed by atoms with Crippen LogP contribution in [0, 0.1) is 0 Å². The van der Waals surface area contributed by atoms with Crippen LogP contribution in [-0.4, -0.2) is 60.2 Å². The first-order chi connectivity index (χ1) is 21.0. The van der Waals surface area contributed by atoms with E-state index in [9.17, 15) is 14.4 Å². The number of ether oxygens (including phenoxy) is 3. The molecule has 3 aromatic carbocycles. The van der Waals surface area contributed by atoms with E-state index in [1.807, 2.05) is 97.9 Å². The zero-order valence-corrected chi connectivity index (χ0v) is 24.9. The molecule has 0 spiro atoms. The number of carbonyl (C=O) groups excluding carboxylic acids is 3. The van der Waals surface area contributed by atoms with Crippen LogP contribution in [0.25, 0.3) is 0 Å². The van der Waals surface area contributed by atoms with Crippen LogP contribution < -0.4 is 5.73 Å². The smallest absolute Gasteiger partial charge is 0.410 e. The Morgan fingerprint density at radius 3 is 1.42 bits per heavy atom. The summed E-state index contributed by atoms with van der Waals surface area (Å²) in [4.78, 5) is 41.5. The third-order valence-corrected chi connectivity index (χ3v) is 6.76. The highest BCUT2D eigenvalue weighted by atomic mass is 16.6. The van der Waals surface area contributed by atoms with Gasteiger partial charge in [-0.25, -0.2) is 9.59 Å². The number of carbonyl (C=O) groups is 3. The fraction of sp³-hybridized carbons (Fsp3) is 0.382. The molecule has 0 radical (unpaired) electrons. The molecule has 1 atom stereocenters. The molecule has 230 valence electrons. The number of benzene rings is 3. The van der Waals surface area contributed by atoms with Crippen LogP contribution in [-0.2, 0) is 38.8 Å². The second kappa shape index (κ2) is 18.9. The van der Waals surface area contributed by atoms with E-state index in [1.54, 1.807) is 9.80 Å². The SMILES string of the molecule is CCCN(CCCCN(CCC(N)C(=O)OCc1ccccc1)C(=O)OCc1ccccc1)C(=O)OCc1ccccc1. The van der Waals surface area contributed by atoms with Gasteiger partial charge in [0.05, 0.1) is 0 Å². The third kappa shape index (κ3) is 12.6. The summed E-state index contributed by atoms with van der Waals surface area (Å²) >= 11 is 0. The maximum atomic E-state index is 13.0. The first kappa shape index (κ1) is 33.1. The van der Waals surface area contributed by atoms with Crippen LogP contribution in [0.3, 0.4) is 0 Å². The second-order valence-electron chi connectivity index (χ2n) is 10.3. The lowest BCUT2D eigenvalue weighted by atomic mass is 10.2. The molecule has 0 saturated heterocycles. The van der Waals surface area contributed by atoms with Gasteiger partial charge in [-0.3, -0.25) is 4.79 Å². The van der Waals surface area contributed by atoms with E-state index >= 15 is 0 Å². The normalized spacial score (nSPS) is 11.3. The molecule has 0 aliphatic rings. The van der Waals surface area contributed by atoms with E-state index in [-0.39, 0.29) is 38.9 Å². The van der Waals surface area contributed by atoms with Gasteiger partial charge in [-0.1, -0.05) is 97.9 Å². The monoisotopic (exact) mass is 589 g/mol. The van der Waals surface area contributed by atoms with Crippen LogP contribution in [0.5, 0.6) is 0 Å². The van der Waals surface area contributed by atoms with Gasteiger partial charge in [0.1, 0.15) is 25.9 Å². The largest absolute Gasteiger partial charge is 0.460 e. The van der Waals surface area contributed by atoms with E-state index in [0.717, 1.165) is 23.1 Å². The van der Waals surface area contributed by atoms with Gasteiger partial charge in [-0.15, -0.1) is 0 Å². The minimum Gasteiger partial charge on any atom is -0.460 e. The van der Waals surface area contributed by atoms with Crippen molar-refractivity contribution >= 4 is 18.2 Å². The summed E-state index contributed by atoms with van der Waals surface area (Å²) < 4.78 is 16.4. The van der Waals surface area contributed by atoms with Crippen LogP contribution in [0.4, 0.5) is 9.59 Å². The van der Waals surface area contributed by atoms with Gasteiger partial charge in [0, 0.05) is 26.2 Å². The molecule has 0 aliphatic carbocycles. The first-order valence-corrected chi connectivity index (χ1v) is 14.8. The average molecular weight is 590 g/mol. The van der Waals surface area contributed by atoms with E-state index in [4.69, 9.17) is 19.9 Å². The van der Waals surface area contributed by atoms with Crippen LogP contribution >= 0.6 is 0 Å². The topological polar surface area (TPSA) is 111 Å². The Bertz CT molecular complexity index is 1230. The highest BCUT2D eigenvalue weighted by Gasteiger charge is 2.21. The van der Waals surface area contributed by atoms with E-state index in [0.29, 0.717) is 32.5 Å². The molecular formula is C34H43N3O6. The van der Waals surface area contributed by atoms with Crippen molar-refractivity contribution in [2.45, 2.75) is 58.5 Å². The Balaban J connectivity index is 1.49. The predicted molar refractivity (Wildman–Crippen MR) is 165 cm³/mol. The molecule has 0 heterocycles. The maximum absolute atomic E-state index is 13.0. The molecule has 43 heavy (non-hydrogen) atoms. The fourth-order valence-electron chi connectivity index (χ4n) is 4.33. The van der Waals surface area contributed by atoms with E-state index in [1.165, 1.54) is 0 Å². The molecule has 0 bridgehead atoms. The third-order valence-electron chi connectivity index (χ3n) is 6.76. The molecule has 0 aliphatic heterocycles. The Hall–Kier alpha value is -4.37. The summed E-state index contributed by atoms with van der Waals surface area (Å²) in [7, 11) is 0. The average Bonchev–Trinajstić information content (AvgIpc) is 3.05. The Morgan fingerprint density at radius 1 is 0.605 bits per heavy atom. The van der Waals surface area contributed by atoms with Crippen molar-refractivity contribution in [2.75, 3.05) is 26.2 Å². The molecule has 0 fully saturated rings. The number of nitrogens with zero attached hydrogens (tertiary/aromatic N) is 2. The Labute approximate surface area is 254 Å². The summed E-state index contributed by atoms with van der Waals surface area (Å²) in [5, 5.41) is 0. The number of rotatable bonds is 17.